The molecular formula is C42H74. The SMILES string of the molecule is CCCCCCCCCCCCCC(C)=CCCC(C)=CCCC(C)=CCCC=C(C)CCC=C(C)CCC=C(C)C. The van der Waals surface area contributed by atoms with Crippen LogP contribution in [0.15, 0.2) is 69.9 Å². The lowest BCUT2D eigenvalue weighted by Gasteiger charge is -2.04. The van der Waals surface area contributed by atoms with Crippen molar-refractivity contribution < 1.29 is 0 Å². The van der Waals surface area contributed by atoms with Crippen LogP contribution in [0.4, 0.5) is 0 Å². The molecule has 0 spiro atoms. The fourth-order valence-electron chi connectivity index (χ4n) is 5.47. The maximum atomic E-state index is 2.50. The Morgan fingerprint density at radius 2 is 0.595 bits per heavy atom. The Morgan fingerprint density at radius 1 is 0.310 bits per heavy atom. The molecule has 0 aromatic rings. The molecule has 0 amide bonds. The normalized spacial score (nSPS) is 13.7. The molecule has 0 aliphatic heterocycles. The molecule has 0 aliphatic rings. The van der Waals surface area contributed by atoms with Gasteiger partial charge in [-0.25, -0.2) is 0 Å². The van der Waals surface area contributed by atoms with E-state index in [1.54, 1.807) is 16.7 Å². The molecule has 0 radical (unpaired) electrons. The first-order valence-corrected chi connectivity index (χ1v) is 18.2. The molecule has 42 heavy (non-hydrogen) atoms. The molecule has 0 saturated heterocycles. The minimum Gasteiger partial charge on any atom is -0.0856 e. The topological polar surface area (TPSA) is 0 Å². The average molecular weight is 579 g/mol. The summed E-state index contributed by atoms with van der Waals surface area (Å²) in [5.74, 6) is 0. The van der Waals surface area contributed by atoms with Gasteiger partial charge in [-0.1, -0.05) is 141 Å². The molecule has 0 heterocycles. The summed E-state index contributed by atoms with van der Waals surface area (Å²) in [6.07, 6.45) is 43.6. The third kappa shape index (κ3) is 29.9. The molecule has 0 atom stereocenters. The van der Waals surface area contributed by atoms with Crippen LogP contribution in [-0.2, 0) is 0 Å². The highest BCUT2D eigenvalue weighted by Gasteiger charge is 1.97. The molecule has 0 fully saturated rings. The Balaban J connectivity index is 3.92. The van der Waals surface area contributed by atoms with Gasteiger partial charge in [0.15, 0.2) is 0 Å². The molecule has 0 heteroatoms. The van der Waals surface area contributed by atoms with Gasteiger partial charge in [-0.05, 0) is 126 Å². The van der Waals surface area contributed by atoms with Crippen LogP contribution in [0.1, 0.15) is 197 Å². The van der Waals surface area contributed by atoms with E-state index >= 15 is 0 Å². The summed E-state index contributed by atoms with van der Waals surface area (Å²) in [5, 5.41) is 0. The number of hydrogen-bond donors (Lipinski definition) is 0. The lowest BCUT2D eigenvalue weighted by molar-refractivity contribution is 0.549. The monoisotopic (exact) mass is 579 g/mol. The van der Waals surface area contributed by atoms with Gasteiger partial charge < -0.3 is 0 Å². The van der Waals surface area contributed by atoms with Gasteiger partial charge in [0.25, 0.3) is 0 Å². The number of allylic oxidation sites excluding steroid dienone is 12. The first-order chi connectivity index (χ1) is 20.2. The highest BCUT2D eigenvalue weighted by molar-refractivity contribution is 5.08. The van der Waals surface area contributed by atoms with E-state index in [2.05, 4.69) is 91.8 Å². The fourth-order valence-corrected chi connectivity index (χ4v) is 5.47. The van der Waals surface area contributed by atoms with Crippen molar-refractivity contribution in [2.45, 2.75) is 197 Å². The van der Waals surface area contributed by atoms with Crippen LogP contribution in [0.5, 0.6) is 0 Å². The summed E-state index contributed by atoms with van der Waals surface area (Å²) in [6, 6.07) is 0. The molecule has 242 valence electrons. The lowest BCUT2D eigenvalue weighted by Crippen LogP contribution is -1.84. The van der Waals surface area contributed by atoms with Crippen molar-refractivity contribution in [2.75, 3.05) is 0 Å². The second-order valence-corrected chi connectivity index (χ2v) is 13.6. The fraction of sp³-hybridized carbons (Fsp3) is 0.714. The van der Waals surface area contributed by atoms with Gasteiger partial charge in [0, 0.05) is 0 Å². The summed E-state index contributed by atoms with van der Waals surface area (Å²) >= 11 is 0. The van der Waals surface area contributed by atoms with E-state index in [-0.39, 0.29) is 0 Å². The summed E-state index contributed by atoms with van der Waals surface area (Å²) in [6.45, 7) is 18.2. The molecular weight excluding hydrogens is 504 g/mol. The van der Waals surface area contributed by atoms with Crippen molar-refractivity contribution in [2.24, 2.45) is 0 Å². The lowest BCUT2D eigenvalue weighted by atomic mass is 10.0. The van der Waals surface area contributed by atoms with Gasteiger partial charge in [0.05, 0.1) is 0 Å². The zero-order valence-electron chi connectivity index (χ0n) is 30.0. The van der Waals surface area contributed by atoms with Crippen molar-refractivity contribution in [3.63, 3.8) is 0 Å². The van der Waals surface area contributed by atoms with Gasteiger partial charge in [-0.15, -0.1) is 0 Å². The number of rotatable bonds is 27. The van der Waals surface area contributed by atoms with Crippen LogP contribution in [0.3, 0.4) is 0 Å². The van der Waals surface area contributed by atoms with Gasteiger partial charge >= 0.3 is 0 Å². The molecule has 0 saturated carbocycles. The van der Waals surface area contributed by atoms with Gasteiger partial charge in [-0.2, -0.15) is 0 Å². The summed E-state index contributed by atoms with van der Waals surface area (Å²) in [4.78, 5) is 0. The Bertz CT molecular complexity index is 818. The van der Waals surface area contributed by atoms with Crippen LogP contribution < -0.4 is 0 Å². The number of unbranched alkanes of at least 4 members (excludes halogenated alkanes) is 11. The predicted octanol–water partition coefficient (Wildman–Crippen LogP) is 15.3. The average Bonchev–Trinajstić information content (AvgIpc) is 2.94. The van der Waals surface area contributed by atoms with Crippen LogP contribution in [-0.4, -0.2) is 0 Å². The minimum absolute atomic E-state index is 1.17. The van der Waals surface area contributed by atoms with E-state index in [0.29, 0.717) is 0 Å². The first kappa shape index (κ1) is 40.4. The van der Waals surface area contributed by atoms with Gasteiger partial charge in [0.2, 0.25) is 0 Å². The standard InChI is InChI=1S/C42H74/c1-9-10-11-12-13-14-15-16-17-18-19-27-38(4)31-23-35-42(8)36-25-33-40(6)29-21-20-28-39(5)32-24-34-41(7)30-22-26-37(2)3/h26,28-29,31,34,36H,9-25,27,30,32-33,35H2,1-8H3. The van der Waals surface area contributed by atoms with Crippen molar-refractivity contribution in [1.82, 2.24) is 0 Å². The van der Waals surface area contributed by atoms with E-state index in [1.165, 1.54) is 158 Å². The van der Waals surface area contributed by atoms with E-state index in [1.807, 2.05) is 0 Å². The summed E-state index contributed by atoms with van der Waals surface area (Å²) in [7, 11) is 0. The second-order valence-electron chi connectivity index (χ2n) is 13.6. The van der Waals surface area contributed by atoms with E-state index in [0.717, 1.165) is 0 Å². The molecule has 0 rings (SSSR count). The summed E-state index contributed by atoms with van der Waals surface area (Å²) < 4.78 is 0. The molecule has 0 aromatic heterocycles. The maximum absolute atomic E-state index is 2.50. The van der Waals surface area contributed by atoms with Gasteiger partial charge in [-0.3, -0.25) is 0 Å². The number of hydrogen-bond acceptors (Lipinski definition) is 0. The van der Waals surface area contributed by atoms with Crippen LogP contribution in [0.2, 0.25) is 0 Å². The quantitative estimate of drug-likeness (QED) is 0.0671. The Morgan fingerprint density at radius 3 is 0.952 bits per heavy atom. The van der Waals surface area contributed by atoms with Crippen molar-refractivity contribution in [3.05, 3.63) is 69.9 Å². The molecule has 0 N–H and O–H groups in total. The zero-order chi connectivity index (χ0) is 31.3. The molecule has 0 aromatic carbocycles. The van der Waals surface area contributed by atoms with E-state index in [4.69, 9.17) is 0 Å². The Hall–Kier alpha value is -1.56. The van der Waals surface area contributed by atoms with Crippen LogP contribution in [0.25, 0.3) is 0 Å². The van der Waals surface area contributed by atoms with E-state index < -0.39 is 0 Å². The third-order valence-corrected chi connectivity index (χ3v) is 8.51. The first-order valence-electron chi connectivity index (χ1n) is 18.2. The smallest absolute Gasteiger partial charge is 0.0288 e. The highest BCUT2D eigenvalue weighted by atomic mass is 14.0. The maximum Gasteiger partial charge on any atom is -0.0288 e. The Kier molecular flexibility index (Phi) is 28.4. The molecule has 0 nitrogen and oxygen atoms in total. The Labute approximate surface area is 266 Å². The molecule has 0 aliphatic carbocycles. The molecule has 0 bridgehead atoms. The van der Waals surface area contributed by atoms with Crippen molar-refractivity contribution >= 4 is 0 Å². The minimum atomic E-state index is 1.17. The highest BCUT2D eigenvalue weighted by Crippen LogP contribution is 2.17. The van der Waals surface area contributed by atoms with Crippen molar-refractivity contribution in [3.8, 4) is 0 Å². The van der Waals surface area contributed by atoms with Crippen LogP contribution in [0, 0.1) is 0 Å². The largest absolute Gasteiger partial charge is 0.0856 e. The molecule has 0 unspecified atom stereocenters. The van der Waals surface area contributed by atoms with Crippen molar-refractivity contribution in [1.29, 1.82) is 0 Å². The third-order valence-electron chi connectivity index (χ3n) is 8.51. The van der Waals surface area contributed by atoms with E-state index in [9.17, 15) is 0 Å². The second kappa shape index (κ2) is 29.5. The van der Waals surface area contributed by atoms with Crippen LogP contribution >= 0.6 is 0 Å². The zero-order valence-corrected chi connectivity index (χ0v) is 30.0. The predicted molar refractivity (Wildman–Crippen MR) is 195 cm³/mol. The summed E-state index contributed by atoms with van der Waals surface area (Å²) in [5.41, 5.74) is 9.20. The van der Waals surface area contributed by atoms with Gasteiger partial charge in [0.1, 0.15) is 0 Å².